The van der Waals surface area contributed by atoms with Gasteiger partial charge in [0.25, 0.3) is 0 Å². The molecule has 4 nitrogen and oxygen atoms in total. The third-order valence-electron chi connectivity index (χ3n) is 2.74. The molecule has 0 aliphatic carbocycles. The fourth-order valence-corrected chi connectivity index (χ4v) is 1.71. The molecule has 0 radical (unpaired) electrons. The van der Waals surface area contributed by atoms with Crippen LogP contribution in [0.1, 0.15) is 18.0 Å². The van der Waals surface area contributed by atoms with Gasteiger partial charge < -0.3 is 19.9 Å². The van der Waals surface area contributed by atoms with Crippen LogP contribution in [0, 0.1) is 5.82 Å². The van der Waals surface area contributed by atoms with Crippen LogP contribution >= 0.6 is 0 Å². The van der Waals surface area contributed by atoms with Crippen molar-refractivity contribution >= 4 is 0 Å². The molecule has 0 aliphatic rings. The van der Waals surface area contributed by atoms with Gasteiger partial charge in [-0.25, -0.2) is 4.39 Å². The maximum absolute atomic E-state index is 13.9. The molecule has 0 saturated carbocycles. The smallest absolute Gasteiger partial charge is 0.411 e. The Hall–Kier alpha value is -1.54. The van der Waals surface area contributed by atoms with Crippen LogP contribution in [-0.4, -0.2) is 33.6 Å². The molecule has 1 rings (SSSR count). The van der Waals surface area contributed by atoms with Gasteiger partial charge in [-0.3, -0.25) is 0 Å². The summed E-state index contributed by atoms with van der Waals surface area (Å²) in [5.41, 5.74) is 5.89. The maximum atomic E-state index is 13.9. The molecule has 21 heavy (non-hydrogen) atoms. The van der Waals surface area contributed by atoms with Gasteiger partial charge in [0.1, 0.15) is 12.4 Å². The van der Waals surface area contributed by atoms with Gasteiger partial charge in [0.05, 0.1) is 14.2 Å². The minimum Gasteiger partial charge on any atom is -0.493 e. The second kappa shape index (κ2) is 7.46. The Labute approximate surface area is 119 Å². The summed E-state index contributed by atoms with van der Waals surface area (Å²) in [6.45, 7) is -1.58. The molecule has 0 bridgehead atoms. The molecular weight excluding hydrogens is 294 g/mol. The number of benzene rings is 1. The van der Waals surface area contributed by atoms with Crippen LogP contribution in [0.4, 0.5) is 17.6 Å². The largest absolute Gasteiger partial charge is 0.493 e. The molecule has 0 heterocycles. The Bertz CT molecular complexity index is 465. The average Bonchev–Trinajstić information content (AvgIpc) is 2.41. The summed E-state index contributed by atoms with van der Waals surface area (Å²) in [5, 5.41) is 0. The van der Waals surface area contributed by atoms with E-state index in [2.05, 4.69) is 4.74 Å². The van der Waals surface area contributed by atoms with Gasteiger partial charge in [0.15, 0.2) is 11.5 Å². The van der Waals surface area contributed by atoms with Gasteiger partial charge >= 0.3 is 6.18 Å². The van der Waals surface area contributed by atoms with Crippen molar-refractivity contribution in [1.82, 2.24) is 0 Å². The Morgan fingerprint density at radius 2 is 1.71 bits per heavy atom. The van der Waals surface area contributed by atoms with E-state index in [0.29, 0.717) is 5.75 Å². The second-order valence-corrected chi connectivity index (χ2v) is 4.29. The highest BCUT2D eigenvalue weighted by Crippen LogP contribution is 2.32. The van der Waals surface area contributed by atoms with E-state index in [1.54, 1.807) is 0 Å². The summed E-state index contributed by atoms with van der Waals surface area (Å²) in [6, 6.07) is 1.67. The van der Waals surface area contributed by atoms with Gasteiger partial charge in [-0.15, -0.1) is 0 Å². The number of hydrogen-bond acceptors (Lipinski definition) is 4. The van der Waals surface area contributed by atoms with E-state index in [0.717, 1.165) is 6.07 Å². The molecule has 2 N–H and O–H groups in total. The number of methoxy groups -OCH3 is 2. The van der Waals surface area contributed by atoms with E-state index in [1.807, 2.05) is 0 Å². The van der Waals surface area contributed by atoms with E-state index in [4.69, 9.17) is 15.2 Å². The monoisotopic (exact) mass is 311 g/mol. The lowest BCUT2D eigenvalue weighted by molar-refractivity contribution is -0.174. The number of ether oxygens (including phenoxy) is 3. The van der Waals surface area contributed by atoms with Crippen molar-refractivity contribution in [2.75, 3.05) is 27.4 Å². The van der Waals surface area contributed by atoms with Gasteiger partial charge in [0.2, 0.25) is 0 Å². The zero-order chi connectivity index (χ0) is 16.0. The van der Waals surface area contributed by atoms with Crippen LogP contribution in [0.2, 0.25) is 0 Å². The van der Waals surface area contributed by atoms with Crippen LogP contribution in [0.25, 0.3) is 0 Å². The standard InChI is InChI=1S/C13H17F4NO3/c1-19-11-5-8(9(14)6-12(11)20-2)10(18)3-4-21-7-13(15,16)17/h5-6,10H,3-4,7,18H2,1-2H3. The number of rotatable bonds is 7. The number of halogens is 4. The fourth-order valence-electron chi connectivity index (χ4n) is 1.71. The van der Waals surface area contributed by atoms with Crippen molar-refractivity contribution < 1.29 is 31.8 Å². The third kappa shape index (κ3) is 5.39. The first-order valence-electron chi connectivity index (χ1n) is 6.10. The topological polar surface area (TPSA) is 53.7 Å². The molecule has 0 aromatic heterocycles. The highest BCUT2D eigenvalue weighted by atomic mass is 19.4. The minimum atomic E-state index is -4.39. The van der Waals surface area contributed by atoms with Crippen LogP contribution < -0.4 is 15.2 Å². The SMILES string of the molecule is COc1cc(F)c(C(N)CCOCC(F)(F)F)cc1OC. The Balaban J connectivity index is 2.67. The van der Waals surface area contributed by atoms with Crippen molar-refractivity contribution in [3.63, 3.8) is 0 Å². The molecule has 1 atom stereocenters. The summed E-state index contributed by atoms with van der Waals surface area (Å²) in [6.07, 6.45) is -4.35. The van der Waals surface area contributed by atoms with E-state index in [9.17, 15) is 17.6 Å². The van der Waals surface area contributed by atoms with E-state index < -0.39 is 24.6 Å². The summed E-state index contributed by atoms with van der Waals surface area (Å²) in [5.74, 6) is -0.115. The first kappa shape index (κ1) is 17.5. The average molecular weight is 311 g/mol. The third-order valence-corrected chi connectivity index (χ3v) is 2.74. The highest BCUT2D eigenvalue weighted by molar-refractivity contribution is 5.44. The molecule has 0 saturated heterocycles. The summed E-state index contributed by atoms with van der Waals surface area (Å²) in [7, 11) is 2.75. The molecule has 1 aromatic rings. The summed E-state index contributed by atoms with van der Waals surface area (Å²) >= 11 is 0. The highest BCUT2D eigenvalue weighted by Gasteiger charge is 2.27. The molecular formula is C13H17F4NO3. The second-order valence-electron chi connectivity index (χ2n) is 4.29. The van der Waals surface area contributed by atoms with Crippen LogP contribution in [0.15, 0.2) is 12.1 Å². The van der Waals surface area contributed by atoms with Gasteiger partial charge in [-0.1, -0.05) is 0 Å². The van der Waals surface area contributed by atoms with Crippen molar-refractivity contribution in [3.8, 4) is 11.5 Å². The first-order chi connectivity index (χ1) is 9.78. The number of hydrogen-bond donors (Lipinski definition) is 1. The van der Waals surface area contributed by atoms with E-state index in [1.165, 1.54) is 20.3 Å². The number of nitrogens with two attached hydrogens (primary N) is 1. The minimum absolute atomic E-state index is 0.0441. The molecule has 0 aliphatic heterocycles. The fraction of sp³-hybridized carbons (Fsp3) is 0.538. The van der Waals surface area contributed by atoms with Gasteiger partial charge in [-0.05, 0) is 12.5 Å². The molecule has 1 aromatic carbocycles. The normalized spacial score (nSPS) is 13.1. The van der Waals surface area contributed by atoms with E-state index >= 15 is 0 Å². The van der Waals surface area contributed by atoms with Crippen LogP contribution in [0.3, 0.4) is 0 Å². The van der Waals surface area contributed by atoms with Gasteiger partial charge in [0, 0.05) is 24.3 Å². The molecule has 0 fully saturated rings. The molecule has 120 valence electrons. The van der Waals surface area contributed by atoms with E-state index in [-0.39, 0.29) is 24.3 Å². The number of alkyl halides is 3. The lowest BCUT2D eigenvalue weighted by Crippen LogP contribution is -2.20. The van der Waals surface area contributed by atoms with Gasteiger partial charge in [-0.2, -0.15) is 13.2 Å². The quantitative estimate of drug-likeness (QED) is 0.621. The zero-order valence-corrected chi connectivity index (χ0v) is 11.7. The zero-order valence-electron chi connectivity index (χ0n) is 11.7. The van der Waals surface area contributed by atoms with Crippen molar-refractivity contribution in [2.24, 2.45) is 5.73 Å². The Morgan fingerprint density at radius 1 is 1.14 bits per heavy atom. The van der Waals surface area contributed by atoms with Crippen molar-refractivity contribution in [2.45, 2.75) is 18.6 Å². The summed E-state index contributed by atoms with van der Waals surface area (Å²) < 4.78 is 64.0. The Kier molecular flexibility index (Phi) is 6.22. The molecule has 1 unspecified atom stereocenters. The predicted octanol–water partition coefficient (Wildman–Crippen LogP) is 2.81. The van der Waals surface area contributed by atoms with Crippen LogP contribution in [0.5, 0.6) is 11.5 Å². The van der Waals surface area contributed by atoms with Crippen LogP contribution in [-0.2, 0) is 4.74 Å². The lowest BCUT2D eigenvalue weighted by atomic mass is 10.0. The van der Waals surface area contributed by atoms with Crippen molar-refractivity contribution in [3.05, 3.63) is 23.5 Å². The summed E-state index contributed by atoms with van der Waals surface area (Å²) in [4.78, 5) is 0. The predicted molar refractivity (Wildman–Crippen MR) is 67.9 cm³/mol. The lowest BCUT2D eigenvalue weighted by Gasteiger charge is -2.16. The van der Waals surface area contributed by atoms with Crippen molar-refractivity contribution in [1.29, 1.82) is 0 Å². The molecule has 8 heteroatoms. The molecule has 0 spiro atoms. The maximum Gasteiger partial charge on any atom is 0.411 e. The first-order valence-corrected chi connectivity index (χ1v) is 6.10. The Morgan fingerprint density at radius 3 is 2.24 bits per heavy atom. The molecule has 0 amide bonds.